The van der Waals surface area contributed by atoms with E-state index in [0.29, 0.717) is 6.61 Å². The smallest absolute Gasteiger partial charge is 0.124 e. The van der Waals surface area contributed by atoms with Gasteiger partial charge in [-0.2, -0.15) is 0 Å². The molecule has 1 aliphatic heterocycles. The maximum atomic E-state index is 6.45. The second kappa shape index (κ2) is 5.96. The molecule has 21 heavy (non-hydrogen) atoms. The third kappa shape index (κ3) is 2.99. The largest absolute Gasteiger partial charge is 0.491 e. The van der Waals surface area contributed by atoms with Crippen LogP contribution in [0.15, 0.2) is 42.5 Å². The van der Waals surface area contributed by atoms with Gasteiger partial charge < -0.3 is 15.4 Å². The number of nitrogens with zero attached hydrogens (tertiary/aromatic N) is 1. The number of benzene rings is 2. The monoisotopic (exact) mass is 302 g/mol. The Bertz CT molecular complexity index is 642. The predicted octanol–water partition coefficient (Wildman–Crippen LogP) is 3.76. The van der Waals surface area contributed by atoms with Crippen molar-refractivity contribution in [3.8, 4) is 5.75 Å². The number of hydrogen-bond acceptors (Lipinski definition) is 3. The van der Waals surface area contributed by atoms with Crippen LogP contribution in [0.2, 0.25) is 5.02 Å². The first-order valence-electron chi connectivity index (χ1n) is 7.16. The molecule has 0 aliphatic carbocycles. The van der Waals surface area contributed by atoms with E-state index in [-0.39, 0.29) is 6.04 Å². The highest BCUT2D eigenvalue weighted by Gasteiger charge is 2.17. The number of para-hydroxylation sites is 1. The van der Waals surface area contributed by atoms with Crippen LogP contribution < -0.4 is 15.4 Å². The van der Waals surface area contributed by atoms with Crippen LogP contribution >= 0.6 is 11.6 Å². The lowest BCUT2D eigenvalue weighted by molar-refractivity contribution is 0.331. The van der Waals surface area contributed by atoms with Crippen molar-refractivity contribution in [1.29, 1.82) is 0 Å². The molecule has 0 unspecified atom stereocenters. The van der Waals surface area contributed by atoms with Crippen LogP contribution in [-0.2, 0) is 6.54 Å². The number of anilines is 1. The molecule has 0 bridgehead atoms. The van der Waals surface area contributed by atoms with Crippen LogP contribution in [0.3, 0.4) is 0 Å². The van der Waals surface area contributed by atoms with E-state index in [4.69, 9.17) is 22.1 Å². The summed E-state index contributed by atoms with van der Waals surface area (Å²) in [4.78, 5) is 2.25. The van der Waals surface area contributed by atoms with Crippen molar-refractivity contribution < 1.29 is 4.74 Å². The molecule has 3 nitrogen and oxygen atoms in total. The van der Waals surface area contributed by atoms with Crippen LogP contribution in [0.5, 0.6) is 5.75 Å². The zero-order valence-corrected chi connectivity index (χ0v) is 12.8. The predicted molar refractivity (Wildman–Crippen MR) is 87.0 cm³/mol. The van der Waals surface area contributed by atoms with E-state index >= 15 is 0 Å². The molecular formula is C17H19ClN2O. The Morgan fingerprint density at radius 2 is 2.05 bits per heavy atom. The summed E-state index contributed by atoms with van der Waals surface area (Å²) in [6.45, 7) is 4.23. The maximum absolute atomic E-state index is 6.45. The summed E-state index contributed by atoms with van der Waals surface area (Å²) >= 11 is 6.45. The Balaban J connectivity index is 1.91. The van der Waals surface area contributed by atoms with Crippen LogP contribution in [0.1, 0.15) is 24.1 Å². The van der Waals surface area contributed by atoms with E-state index in [1.54, 1.807) is 0 Å². The van der Waals surface area contributed by atoms with E-state index in [1.165, 1.54) is 5.56 Å². The third-order valence-corrected chi connectivity index (χ3v) is 4.09. The summed E-state index contributed by atoms with van der Waals surface area (Å²) in [5, 5.41) is 0.740. The fourth-order valence-corrected chi connectivity index (χ4v) is 2.90. The standard InChI is InChI=1S/C17H19ClN2O/c1-12(19)13-6-7-16(15(18)10-13)20-8-9-21-17-5-3-2-4-14(17)11-20/h2-7,10,12H,8-9,11,19H2,1H3/t12-/m0/s1. The Hall–Kier alpha value is -1.71. The molecule has 3 rings (SSSR count). The normalized spacial score (nSPS) is 15.9. The summed E-state index contributed by atoms with van der Waals surface area (Å²) < 4.78 is 5.80. The fourth-order valence-electron chi connectivity index (χ4n) is 2.59. The molecule has 1 atom stereocenters. The molecule has 1 heterocycles. The van der Waals surface area contributed by atoms with Gasteiger partial charge in [-0.1, -0.05) is 35.9 Å². The SMILES string of the molecule is C[C@H](N)c1ccc(N2CCOc3ccccc3C2)c(Cl)c1. The van der Waals surface area contributed by atoms with E-state index < -0.39 is 0 Å². The second-order valence-electron chi connectivity index (χ2n) is 5.38. The van der Waals surface area contributed by atoms with Crippen molar-refractivity contribution in [3.05, 3.63) is 58.6 Å². The van der Waals surface area contributed by atoms with Gasteiger partial charge in [-0.05, 0) is 30.7 Å². The second-order valence-corrected chi connectivity index (χ2v) is 5.78. The molecule has 110 valence electrons. The molecule has 2 aromatic carbocycles. The number of fused-ring (bicyclic) bond motifs is 1. The minimum atomic E-state index is -0.00950. The highest BCUT2D eigenvalue weighted by molar-refractivity contribution is 6.33. The number of hydrogen-bond donors (Lipinski definition) is 1. The van der Waals surface area contributed by atoms with Gasteiger partial charge in [0, 0.05) is 18.2 Å². The molecule has 0 saturated heterocycles. The minimum Gasteiger partial charge on any atom is -0.491 e. The van der Waals surface area contributed by atoms with Gasteiger partial charge in [-0.3, -0.25) is 0 Å². The number of halogens is 1. The Morgan fingerprint density at radius 1 is 1.24 bits per heavy atom. The molecule has 0 amide bonds. The number of rotatable bonds is 2. The van der Waals surface area contributed by atoms with Gasteiger partial charge in [0.1, 0.15) is 12.4 Å². The van der Waals surface area contributed by atoms with Crippen LogP contribution in [-0.4, -0.2) is 13.2 Å². The topological polar surface area (TPSA) is 38.5 Å². The van der Waals surface area contributed by atoms with E-state index in [2.05, 4.69) is 17.0 Å². The zero-order valence-electron chi connectivity index (χ0n) is 12.1. The molecule has 0 fully saturated rings. The van der Waals surface area contributed by atoms with Crippen molar-refractivity contribution in [2.24, 2.45) is 5.73 Å². The quantitative estimate of drug-likeness (QED) is 0.918. The fraction of sp³-hybridized carbons (Fsp3) is 0.294. The average Bonchev–Trinajstić information content (AvgIpc) is 2.69. The Kier molecular flexibility index (Phi) is 4.04. The molecule has 0 aromatic heterocycles. The first-order chi connectivity index (χ1) is 10.1. The van der Waals surface area contributed by atoms with E-state index in [1.807, 2.05) is 37.3 Å². The molecule has 1 aliphatic rings. The first-order valence-corrected chi connectivity index (χ1v) is 7.53. The lowest BCUT2D eigenvalue weighted by atomic mass is 10.1. The summed E-state index contributed by atoms with van der Waals surface area (Å²) in [5.74, 6) is 0.961. The van der Waals surface area contributed by atoms with Crippen molar-refractivity contribution in [2.75, 3.05) is 18.1 Å². The average molecular weight is 303 g/mol. The molecule has 0 spiro atoms. The van der Waals surface area contributed by atoms with Crippen molar-refractivity contribution in [3.63, 3.8) is 0 Å². The van der Waals surface area contributed by atoms with Crippen LogP contribution in [0, 0.1) is 0 Å². The minimum absolute atomic E-state index is 0.00950. The Morgan fingerprint density at radius 3 is 2.81 bits per heavy atom. The molecular weight excluding hydrogens is 284 g/mol. The van der Waals surface area contributed by atoms with Gasteiger partial charge >= 0.3 is 0 Å². The highest BCUT2D eigenvalue weighted by Crippen LogP contribution is 2.32. The summed E-state index contributed by atoms with van der Waals surface area (Å²) in [6, 6.07) is 14.2. The van der Waals surface area contributed by atoms with Crippen molar-refractivity contribution >= 4 is 17.3 Å². The Labute approximate surface area is 130 Å². The van der Waals surface area contributed by atoms with E-state index in [0.717, 1.165) is 35.1 Å². The number of nitrogens with two attached hydrogens (primary N) is 1. The van der Waals surface area contributed by atoms with Crippen molar-refractivity contribution in [1.82, 2.24) is 0 Å². The summed E-state index contributed by atoms with van der Waals surface area (Å²) in [6.07, 6.45) is 0. The molecule has 2 N–H and O–H groups in total. The van der Waals surface area contributed by atoms with Gasteiger partial charge in [0.15, 0.2) is 0 Å². The highest BCUT2D eigenvalue weighted by atomic mass is 35.5. The first kappa shape index (κ1) is 14.2. The maximum Gasteiger partial charge on any atom is 0.124 e. The molecule has 0 saturated carbocycles. The number of ether oxygens (including phenoxy) is 1. The van der Waals surface area contributed by atoms with Gasteiger partial charge in [-0.15, -0.1) is 0 Å². The van der Waals surface area contributed by atoms with Gasteiger partial charge in [0.2, 0.25) is 0 Å². The van der Waals surface area contributed by atoms with Gasteiger partial charge in [-0.25, -0.2) is 0 Å². The zero-order chi connectivity index (χ0) is 14.8. The van der Waals surface area contributed by atoms with Gasteiger partial charge in [0.25, 0.3) is 0 Å². The van der Waals surface area contributed by atoms with Crippen LogP contribution in [0.4, 0.5) is 5.69 Å². The van der Waals surface area contributed by atoms with Gasteiger partial charge in [0.05, 0.1) is 17.3 Å². The molecule has 2 aromatic rings. The van der Waals surface area contributed by atoms with Crippen molar-refractivity contribution in [2.45, 2.75) is 19.5 Å². The molecule has 4 heteroatoms. The van der Waals surface area contributed by atoms with Crippen LogP contribution in [0.25, 0.3) is 0 Å². The summed E-state index contributed by atoms with van der Waals surface area (Å²) in [5.41, 5.74) is 9.17. The lowest BCUT2D eigenvalue weighted by Gasteiger charge is -2.24. The third-order valence-electron chi connectivity index (χ3n) is 3.79. The summed E-state index contributed by atoms with van der Waals surface area (Å²) in [7, 11) is 0. The molecule has 0 radical (unpaired) electrons. The van der Waals surface area contributed by atoms with E-state index in [9.17, 15) is 0 Å². The lowest BCUT2D eigenvalue weighted by Crippen LogP contribution is -2.25.